The largest absolute Gasteiger partial charge is 0.391 e. The van der Waals surface area contributed by atoms with Crippen LogP contribution in [0.5, 0.6) is 0 Å². The second-order valence-electron chi connectivity index (χ2n) is 7.77. The van der Waals surface area contributed by atoms with Gasteiger partial charge in [0.2, 0.25) is 5.91 Å². The molecule has 2 aliphatic rings. The predicted octanol–water partition coefficient (Wildman–Crippen LogP) is 2.41. The number of benzene rings is 1. The van der Waals surface area contributed by atoms with Crippen molar-refractivity contribution in [2.75, 3.05) is 24.5 Å². The van der Waals surface area contributed by atoms with E-state index >= 15 is 0 Å². The molecule has 0 bridgehead atoms. The minimum Gasteiger partial charge on any atom is -0.391 e. The van der Waals surface area contributed by atoms with E-state index < -0.39 is 6.10 Å². The number of aliphatic hydroxyl groups is 1. The van der Waals surface area contributed by atoms with E-state index in [0.29, 0.717) is 13.1 Å². The molecule has 3 aromatic rings. The Morgan fingerprint density at radius 1 is 1.32 bits per heavy atom. The number of carbonyl (C=O) groups excluding carboxylic acids is 1. The highest BCUT2D eigenvalue weighted by molar-refractivity contribution is 7.17. The van der Waals surface area contributed by atoms with Gasteiger partial charge in [0.25, 0.3) is 0 Å². The zero-order valence-electron chi connectivity index (χ0n) is 15.6. The molecule has 1 saturated heterocycles. The van der Waals surface area contributed by atoms with Gasteiger partial charge in [-0.2, -0.15) is 0 Å². The van der Waals surface area contributed by atoms with Gasteiger partial charge in [-0.3, -0.25) is 4.79 Å². The molecule has 144 valence electrons. The zero-order chi connectivity index (χ0) is 19.3. The van der Waals surface area contributed by atoms with E-state index in [1.165, 1.54) is 5.56 Å². The zero-order valence-corrected chi connectivity index (χ0v) is 16.4. The minimum atomic E-state index is -0.471. The first kappa shape index (κ1) is 17.6. The molecule has 2 aromatic heterocycles. The molecule has 1 amide bonds. The van der Waals surface area contributed by atoms with Gasteiger partial charge >= 0.3 is 0 Å². The van der Waals surface area contributed by atoms with Gasteiger partial charge in [-0.25, -0.2) is 9.97 Å². The molecule has 2 N–H and O–H groups in total. The maximum Gasteiger partial charge on any atom is 0.216 e. The maximum atomic E-state index is 11.5. The molecule has 0 unspecified atom stereocenters. The van der Waals surface area contributed by atoms with E-state index in [0.717, 1.165) is 22.6 Å². The number of nitrogens with zero attached hydrogens (tertiary/aromatic N) is 3. The summed E-state index contributed by atoms with van der Waals surface area (Å²) in [5, 5.41) is 16.1. The Labute approximate surface area is 167 Å². The number of rotatable bonds is 4. The van der Waals surface area contributed by atoms with E-state index in [4.69, 9.17) is 0 Å². The van der Waals surface area contributed by atoms with Crippen molar-refractivity contribution >= 4 is 33.3 Å². The van der Waals surface area contributed by atoms with Crippen molar-refractivity contribution in [3.8, 4) is 0 Å². The third-order valence-corrected chi connectivity index (χ3v) is 7.19. The third kappa shape index (κ3) is 2.61. The molecule has 1 aromatic carbocycles. The van der Waals surface area contributed by atoms with Crippen LogP contribution in [0, 0.1) is 11.3 Å². The first-order chi connectivity index (χ1) is 13.6. The van der Waals surface area contributed by atoms with E-state index in [1.807, 2.05) is 29.6 Å². The molecule has 1 aliphatic heterocycles. The van der Waals surface area contributed by atoms with Crippen LogP contribution in [-0.2, 0) is 4.79 Å². The minimum absolute atomic E-state index is 0.0331. The molecule has 5 rings (SSSR count). The Kier molecular flexibility index (Phi) is 4.10. The van der Waals surface area contributed by atoms with Crippen LogP contribution in [0.4, 0.5) is 5.82 Å². The summed E-state index contributed by atoms with van der Waals surface area (Å²) in [6, 6.07) is 12.3. The maximum absolute atomic E-state index is 11.5. The first-order valence-electron chi connectivity index (χ1n) is 9.52. The van der Waals surface area contributed by atoms with Gasteiger partial charge in [-0.15, -0.1) is 11.3 Å². The SMILES string of the molecule is CC(=O)NC[C@@H]1[C@@H](c2ccccc2)[C@]12CN(c1ncnc3ccsc13)C[C@H]2O. The highest BCUT2D eigenvalue weighted by atomic mass is 32.1. The predicted molar refractivity (Wildman–Crippen MR) is 109 cm³/mol. The summed E-state index contributed by atoms with van der Waals surface area (Å²) in [7, 11) is 0. The summed E-state index contributed by atoms with van der Waals surface area (Å²) >= 11 is 1.63. The van der Waals surface area contributed by atoms with Gasteiger partial charge in [0.1, 0.15) is 12.1 Å². The molecule has 1 aliphatic carbocycles. The number of thiophene rings is 1. The Bertz CT molecular complexity index is 1020. The van der Waals surface area contributed by atoms with E-state index in [9.17, 15) is 9.90 Å². The van der Waals surface area contributed by atoms with Crippen LogP contribution in [0.1, 0.15) is 18.4 Å². The van der Waals surface area contributed by atoms with Crippen LogP contribution < -0.4 is 10.2 Å². The second-order valence-corrected chi connectivity index (χ2v) is 8.69. The fourth-order valence-electron chi connectivity index (χ4n) is 5.02. The number of aromatic nitrogens is 2. The summed E-state index contributed by atoms with van der Waals surface area (Å²) in [6.45, 7) is 3.39. The van der Waals surface area contributed by atoms with Gasteiger partial charge in [-0.05, 0) is 28.8 Å². The average molecular weight is 395 g/mol. The van der Waals surface area contributed by atoms with Crippen molar-refractivity contribution in [2.24, 2.45) is 11.3 Å². The normalized spacial score (nSPS) is 28.8. The molecular weight excluding hydrogens is 372 g/mol. The number of amides is 1. The topological polar surface area (TPSA) is 78.4 Å². The number of β-amino-alcohol motifs (C(OH)–C–C–N with tert-alkyl or cyclic N) is 1. The molecule has 1 spiro atoms. The fraction of sp³-hybridized carbons (Fsp3) is 0.381. The molecule has 4 atom stereocenters. The molecule has 2 fully saturated rings. The third-order valence-electron chi connectivity index (χ3n) is 6.29. The van der Waals surface area contributed by atoms with Crippen LogP contribution in [0.25, 0.3) is 10.2 Å². The van der Waals surface area contributed by atoms with Gasteiger partial charge in [-0.1, -0.05) is 30.3 Å². The quantitative estimate of drug-likeness (QED) is 0.711. The van der Waals surface area contributed by atoms with Crippen LogP contribution in [0.15, 0.2) is 48.1 Å². The van der Waals surface area contributed by atoms with Crippen LogP contribution in [-0.4, -0.2) is 46.7 Å². The van der Waals surface area contributed by atoms with Crippen LogP contribution >= 0.6 is 11.3 Å². The van der Waals surface area contributed by atoms with E-state index in [-0.39, 0.29) is 23.2 Å². The number of hydrogen-bond acceptors (Lipinski definition) is 6. The molecule has 3 heterocycles. The summed E-state index contributed by atoms with van der Waals surface area (Å²) in [6.07, 6.45) is 1.12. The summed E-state index contributed by atoms with van der Waals surface area (Å²) in [4.78, 5) is 22.6. The Morgan fingerprint density at radius 2 is 2.14 bits per heavy atom. The lowest BCUT2D eigenvalue weighted by Gasteiger charge is -2.18. The molecule has 7 heteroatoms. The molecular formula is C21H22N4O2S. The Hall–Kier alpha value is -2.51. The summed E-state index contributed by atoms with van der Waals surface area (Å²) in [5.74, 6) is 1.29. The van der Waals surface area contributed by atoms with Crippen molar-refractivity contribution < 1.29 is 9.90 Å². The van der Waals surface area contributed by atoms with E-state index in [2.05, 4.69) is 32.3 Å². The summed E-state index contributed by atoms with van der Waals surface area (Å²) < 4.78 is 1.06. The van der Waals surface area contributed by atoms with Crippen molar-refractivity contribution in [3.05, 3.63) is 53.7 Å². The number of aliphatic hydroxyl groups excluding tert-OH is 1. The first-order valence-corrected chi connectivity index (χ1v) is 10.4. The molecule has 6 nitrogen and oxygen atoms in total. The molecule has 28 heavy (non-hydrogen) atoms. The standard InChI is InChI=1S/C21H22N4O2S/c1-13(26)22-9-15-18(14-5-3-2-4-6-14)21(15)11-25(10-17(21)27)20-19-16(7-8-28-19)23-12-24-20/h2-8,12,15,17-18,27H,9-11H2,1H3,(H,22,26)/t15-,17-,18-,21-/m1/s1. The monoisotopic (exact) mass is 394 g/mol. The number of anilines is 1. The number of fused-ring (bicyclic) bond motifs is 1. The molecule has 1 saturated carbocycles. The highest BCUT2D eigenvalue weighted by Gasteiger charge is 2.71. The van der Waals surface area contributed by atoms with Crippen molar-refractivity contribution in [3.63, 3.8) is 0 Å². The van der Waals surface area contributed by atoms with E-state index in [1.54, 1.807) is 24.6 Å². The van der Waals surface area contributed by atoms with Gasteiger partial charge in [0.15, 0.2) is 0 Å². The number of nitrogens with one attached hydrogen (secondary N) is 1. The Morgan fingerprint density at radius 3 is 2.93 bits per heavy atom. The van der Waals surface area contributed by atoms with Crippen molar-refractivity contribution in [1.29, 1.82) is 0 Å². The van der Waals surface area contributed by atoms with Gasteiger partial charge in [0.05, 0.1) is 16.3 Å². The van der Waals surface area contributed by atoms with Gasteiger partial charge < -0.3 is 15.3 Å². The number of hydrogen-bond donors (Lipinski definition) is 2. The van der Waals surface area contributed by atoms with Crippen molar-refractivity contribution in [1.82, 2.24) is 15.3 Å². The van der Waals surface area contributed by atoms with Crippen molar-refractivity contribution in [2.45, 2.75) is 18.9 Å². The highest BCUT2D eigenvalue weighted by Crippen LogP contribution is 2.69. The van der Waals surface area contributed by atoms with Crippen LogP contribution in [0.2, 0.25) is 0 Å². The molecule has 0 radical (unpaired) electrons. The summed E-state index contributed by atoms with van der Waals surface area (Å²) in [5.41, 5.74) is 1.90. The van der Waals surface area contributed by atoms with Crippen LogP contribution in [0.3, 0.4) is 0 Å². The lowest BCUT2D eigenvalue weighted by atomic mass is 9.95. The average Bonchev–Trinajstić information content (AvgIpc) is 2.96. The van der Waals surface area contributed by atoms with Gasteiger partial charge in [0, 0.05) is 32.0 Å². The smallest absolute Gasteiger partial charge is 0.216 e. The lowest BCUT2D eigenvalue weighted by molar-refractivity contribution is -0.119. The Balaban J connectivity index is 1.49. The number of carbonyl (C=O) groups is 1. The fourth-order valence-corrected chi connectivity index (χ4v) is 5.88. The second kappa shape index (κ2) is 6.53. The lowest BCUT2D eigenvalue weighted by Crippen LogP contribution is -2.28.